The van der Waals surface area contributed by atoms with Crippen LogP contribution in [0.4, 0.5) is 0 Å². The maximum Gasteiger partial charge on any atom is 0.0546 e. The Morgan fingerprint density at radius 1 is 0.929 bits per heavy atom. The summed E-state index contributed by atoms with van der Waals surface area (Å²) in [4.78, 5) is 0. The van der Waals surface area contributed by atoms with Gasteiger partial charge >= 0.3 is 0 Å². The fourth-order valence-electron chi connectivity index (χ4n) is 1.56. The van der Waals surface area contributed by atoms with Crippen molar-refractivity contribution in [3.63, 3.8) is 0 Å². The Morgan fingerprint density at radius 2 is 1.57 bits per heavy atom. The lowest BCUT2D eigenvalue weighted by atomic mass is 10.1. The van der Waals surface area contributed by atoms with Gasteiger partial charge in [0.1, 0.15) is 0 Å². The number of hydrogen-bond acceptors (Lipinski definition) is 2. The fraction of sp³-hybridized carbons (Fsp3) is 1.00. The molecule has 0 amide bonds. The van der Waals surface area contributed by atoms with E-state index in [0.29, 0.717) is 0 Å². The van der Waals surface area contributed by atoms with Gasteiger partial charge in [0.05, 0.1) is 6.17 Å². The lowest BCUT2D eigenvalue weighted by molar-refractivity contribution is 0.459. The van der Waals surface area contributed by atoms with Gasteiger partial charge in [-0.15, -0.1) is 0 Å². The first kappa shape index (κ1) is 13.9. The normalized spacial score (nSPS) is 13.1. The maximum atomic E-state index is 5.92. The molecular formula is C12H28N2. The second kappa shape index (κ2) is 11.0. The predicted octanol–water partition coefficient (Wildman–Crippen LogP) is 3.02. The minimum atomic E-state index is 0.225. The molecule has 0 heterocycles. The van der Waals surface area contributed by atoms with E-state index >= 15 is 0 Å². The van der Waals surface area contributed by atoms with E-state index in [1.807, 2.05) is 0 Å². The zero-order valence-electron chi connectivity index (χ0n) is 10.0. The van der Waals surface area contributed by atoms with Crippen LogP contribution in [0.1, 0.15) is 65.2 Å². The molecule has 0 aromatic carbocycles. The topological polar surface area (TPSA) is 38.0 Å². The highest BCUT2D eigenvalue weighted by Gasteiger charge is 1.99. The van der Waals surface area contributed by atoms with Gasteiger partial charge in [-0.1, -0.05) is 52.4 Å². The first-order chi connectivity index (χ1) is 6.81. The minimum absolute atomic E-state index is 0.225. The SMILES string of the molecule is CCCCCCNC(N)CCCCC. The van der Waals surface area contributed by atoms with Gasteiger partial charge < -0.3 is 11.1 Å². The van der Waals surface area contributed by atoms with Crippen LogP contribution >= 0.6 is 0 Å². The zero-order chi connectivity index (χ0) is 10.6. The van der Waals surface area contributed by atoms with Crippen LogP contribution < -0.4 is 11.1 Å². The van der Waals surface area contributed by atoms with Gasteiger partial charge in [-0.3, -0.25) is 0 Å². The lowest BCUT2D eigenvalue weighted by Crippen LogP contribution is -2.37. The van der Waals surface area contributed by atoms with Crippen LogP contribution in [-0.4, -0.2) is 12.7 Å². The first-order valence-corrected chi connectivity index (χ1v) is 6.30. The second-order valence-electron chi connectivity index (χ2n) is 4.12. The van der Waals surface area contributed by atoms with E-state index in [0.717, 1.165) is 13.0 Å². The van der Waals surface area contributed by atoms with E-state index in [1.165, 1.54) is 44.9 Å². The minimum Gasteiger partial charge on any atom is -0.316 e. The molecule has 0 aliphatic rings. The number of nitrogens with one attached hydrogen (secondary N) is 1. The van der Waals surface area contributed by atoms with Crippen LogP contribution in [0.5, 0.6) is 0 Å². The molecule has 0 spiro atoms. The Balaban J connectivity index is 3.06. The van der Waals surface area contributed by atoms with E-state index in [2.05, 4.69) is 19.2 Å². The standard InChI is InChI=1S/C12H28N2/c1-3-5-7-9-11-14-12(13)10-8-6-4-2/h12,14H,3-11,13H2,1-2H3. The molecule has 0 radical (unpaired) electrons. The molecule has 86 valence electrons. The summed E-state index contributed by atoms with van der Waals surface area (Å²) in [7, 11) is 0. The van der Waals surface area contributed by atoms with Crippen molar-refractivity contribution < 1.29 is 0 Å². The summed E-state index contributed by atoms with van der Waals surface area (Å²) < 4.78 is 0. The molecule has 0 rings (SSSR count). The molecule has 0 aromatic heterocycles. The first-order valence-electron chi connectivity index (χ1n) is 6.30. The molecule has 2 heteroatoms. The molecule has 0 fully saturated rings. The molecule has 0 aromatic rings. The lowest BCUT2D eigenvalue weighted by Gasteiger charge is -2.13. The van der Waals surface area contributed by atoms with Crippen LogP contribution in [0.2, 0.25) is 0 Å². The monoisotopic (exact) mass is 200 g/mol. The van der Waals surface area contributed by atoms with Crippen molar-refractivity contribution in [3.05, 3.63) is 0 Å². The van der Waals surface area contributed by atoms with Gasteiger partial charge in [-0.2, -0.15) is 0 Å². The van der Waals surface area contributed by atoms with Gasteiger partial charge in [0.25, 0.3) is 0 Å². The molecule has 0 bridgehead atoms. The number of hydrogen-bond donors (Lipinski definition) is 2. The summed E-state index contributed by atoms with van der Waals surface area (Å²) in [5.41, 5.74) is 5.92. The molecule has 0 aliphatic heterocycles. The molecule has 1 unspecified atom stereocenters. The third kappa shape index (κ3) is 10.0. The van der Waals surface area contributed by atoms with E-state index in [9.17, 15) is 0 Å². The van der Waals surface area contributed by atoms with Crippen molar-refractivity contribution in [2.75, 3.05) is 6.54 Å². The zero-order valence-corrected chi connectivity index (χ0v) is 10.0. The molecule has 3 N–H and O–H groups in total. The van der Waals surface area contributed by atoms with Crippen molar-refractivity contribution in [3.8, 4) is 0 Å². The Morgan fingerprint density at radius 3 is 2.21 bits per heavy atom. The Bertz CT molecular complexity index is 104. The molecule has 0 saturated carbocycles. The van der Waals surface area contributed by atoms with Gasteiger partial charge in [-0.05, 0) is 19.4 Å². The van der Waals surface area contributed by atoms with E-state index < -0.39 is 0 Å². The molecule has 1 atom stereocenters. The summed E-state index contributed by atoms with van der Waals surface area (Å²) >= 11 is 0. The molecular weight excluding hydrogens is 172 g/mol. The van der Waals surface area contributed by atoms with E-state index in [-0.39, 0.29) is 6.17 Å². The highest BCUT2D eigenvalue weighted by molar-refractivity contribution is 4.58. The summed E-state index contributed by atoms with van der Waals surface area (Å²) in [5, 5.41) is 3.38. The average Bonchev–Trinajstić information content (AvgIpc) is 2.18. The number of rotatable bonds is 10. The summed E-state index contributed by atoms with van der Waals surface area (Å²) in [6.07, 6.45) is 10.5. The molecule has 14 heavy (non-hydrogen) atoms. The highest BCUT2D eigenvalue weighted by Crippen LogP contribution is 2.01. The Hall–Kier alpha value is -0.0800. The predicted molar refractivity (Wildman–Crippen MR) is 64.3 cm³/mol. The third-order valence-corrected chi connectivity index (χ3v) is 2.56. The second-order valence-corrected chi connectivity index (χ2v) is 4.12. The average molecular weight is 200 g/mol. The number of unbranched alkanes of at least 4 members (excludes halogenated alkanes) is 5. The van der Waals surface area contributed by atoms with Crippen molar-refractivity contribution in [2.24, 2.45) is 5.73 Å². The van der Waals surface area contributed by atoms with Gasteiger partial charge in [0.15, 0.2) is 0 Å². The van der Waals surface area contributed by atoms with Crippen LogP contribution in [0, 0.1) is 0 Å². The fourth-order valence-corrected chi connectivity index (χ4v) is 1.56. The number of nitrogens with two attached hydrogens (primary N) is 1. The van der Waals surface area contributed by atoms with Crippen LogP contribution in [0.3, 0.4) is 0 Å². The van der Waals surface area contributed by atoms with Crippen LogP contribution in [-0.2, 0) is 0 Å². The van der Waals surface area contributed by atoms with Gasteiger partial charge in [0.2, 0.25) is 0 Å². The largest absolute Gasteiger partial charge is 0.316 e. The summed E-state index contributed by atoms with van der Waals surface area (Å²) in [6.45, 7) is 5.56. The van der Waals surface area contributed by atoms with E-state index in [4.69, 9.17) is 5.73 Å². The Kier molecular flexibility index (Phi) is 10.9. The van der Waals surface area contributed by atoms with Gasteiger partial charge in [-0.25, -0.2) is 0 Å². The smallest absolute Gasteiger partial charge is 0.0546 e. The molecule has 0 saturated heterocycles. The van der Waals surface area contributed by atoms with Crippen LogP contribution in [0.25, 0.3) is 0 Å². The highest BCUT2D eigenvalue weighted by atomic mass is 15.0. The quantitative estimate of drug-likeness (QED) is 0.420. The molecule has 2 nitrogen and oxygen atoms in total. The third-order valence-electron chi connectivity index (χ3n) is 2.56. The summed E-state index contributed by atoms with van der Waals surface area (Å²) in [6, 6.07) is 0. The van der Waals surface area contributed by atoms with Crippen LogP contribution in [0.15, 0.2) is 0 Å². The Labute approximate surface area is 89.6 Å². The van der Waals surface area contributed by atoms with Crippen molar-refractivity contribution in [1.29, 1.82) is 0 Å². The molecule has 0 aliphatic carbocycles. The summed E-state index contributed by atoms with van der Waals surface area (Å²) in [5.74, 6) is 0. The van der Waals surface area contributed by atoms with Crippen molar-refractivity contribution in [1.82, 2.24) is 5.32 Å². The maximum absolute atomic E-state index is 5.92. The van der Waals surface area contributed by atoms with Crippen molar-refractivity contribution in [2.45, 2.75) is 71.4 Å². The van der Waals surface area contributed by atoms with Crippen molar-refractivity contribution >= 4 is 0 Å². The van der Waals surface area contributed by atoms with Gasteiger partial charge in [0, 0.05) is 0 Å². The van der Waals surface area contributed by atoms with E-state index in [1.54, 1.807) is 0 Å².